The summed E-state index contributed by atoms with van der Waals surface area (Å²) in [5.41, 5.74) is 1.64. The minimum absolute atomic E-state index is 0.151. The number of halogens is 3. The highest BCUT2D eigenvalue weighted by atomic mass is 19.4. The molecule has 2 fully saturated rings. The third-order valence-corrected chi connectivity index (χ3v) is 6.48. The van der Waals surface area contributed by atoms with Crippen molar-refractivity contribution >= 4 is 22.4 Å². The van der Waals surface area contributed by atoms with Gasteiger partial charge in [0.1, 0.15) is 17.5 Å². The number of β-amino-alcohol motifs (C(OH)–C–C–N with tert-alkyl or cyclic N) is 1. The molecular formula is C24H19F3N6O. The van der Waals surface area contributed by atoms with Crippen molar-refractivity contribution in [2.75, 3.05) is 18.0 Å². The molecule has 0 bridgehead atoms. The van der Waals surface area contributed by atoms with Gasteiger partial charge in [-0.25, -0.2) is 4.98 Å². The highest BCUT2D eigenvalue weighted by Crippen LogP contribution is 2.43. The predicted molar refractivity (Wildman–Crippen MR) is 118 cm³/mol. The Morgan fingerprint density at radius 2 is 1.88 bits per heavy atom. The molecular weight excluding hydrogens is 445 g/mol. The van der Waals surface area contributed by atoms with Gasteiger partial charge in [0.2, 0.25) is 0 Å². The van der Waals surface area contributed by atoms with Crippen molar-refractivity contribution in [2.24, 2.45) is 0 Å². The van der Waals surface area contributed by atoms with Gasteiger partial charge in [0, 0.05) is 35.7 Å². The highest BCUT2D eigenvalue weighted by Gasteiger charge is 2.41. The number of rotatable bonds is 3. The number of nitrogens with zero attached hydrogens (tertiary/aromatic N) is 6. The Morgan fingerprint density at radius 3 is 2.53 bits per heavy atom. The molecule has 1 aliphatic carbocycles. The van der Waals surface area contributed by atoms with Crippen LogP contribution in [0, 0.1) is 18.3 Å². The van der Waals surface area contributed by atoms with E-state index in [0.717, 1.165) is 39.5 Å². The summed E-state index contributed by atoms with van der Waals surface area (Å²) in [5, 5.41) is 24.1. The fourth-order valence-corrected chi connectivity index (χ4v) is 4.67. The largest absolute Gasteiger partial charge is 0.436 e. The second-order valence-corrected chi connectivity index (χ2v) is 8.91. The Hall–Kier alpha value is -3.71. The number of nitriles is 1. The fourth-order valence-electron chi connectivity index (χ4n) is 4.67. The molecule has 1 aromatic carbocycles. The molecule has 6 rings (SSSR count). The minimum atomic E-state index is -4.80. The van der Waals surface area contributed by atoms with E-state index in [1.807, 2.05) is 30.3 Å². The van der Waals surface area contributed by atoms with Crippen LogP contribution in [0.2, 0.25) is 0 Å². The Labute approximate surface area is 192 Å². The third-order valence-electron chi connectivity index (χ3n) is 6.48. The Balaban J connectivity index is 1.66. The van der Waals surface area contributed by atoms with E-state index >= 15 is 0 Å². The quantitative estimate of drug-likeness (QED) is 0.489. The van der Waals surface area contributed by atoms with Gasteiger partial charge in [-0.15, -0.1) is 0 Å². The van der Waals surface area contributed by atoms with Gasteiger partial charge in [-0.3, -0.25) is 4.98 Å². The number of aromatic nitrogens is 4. The number of hydrogen-bond donors (Lipinski definition) is 1. The lowest BCUT2D eigenvalue weighted by atomic mass is 9.97. The van der Waals surface area contributed by atoms with E-state index < -0.39 is 23.5 Å². The summed E-state index contributed by atoms with van der Waals surface area (Å²) < 4.78 is 42.2. The molecule has 0 amide bonds. The lowest BCUT2D eigenvalue weighted by Crippen LogP contribution is -2.51. The molecule has 34 heavy (non-hydrogen) atoms. The van der Waals surface area contributed by atoms with Gasteiger partial charge in [-0.1, -0.05) is 18.2 Å². The van der Waals surface area contributed by atoms with Crippen LogP contribution >= 0.6 is 0 Å². The number of fused-ring (bicyclic) bond motifs is 2. The first-order valence-corrected chi connectivity index (χ1v) is 11.0. The molecule has 0 unspecified atom stereocenters. The number of aryl methyl sites for hydroxylation is 1. The molecule has 10 heteroatoms. The van der Waals surface area contributed by atoms with Crippen molar-refractivity contribution < 1.29 is 18.3 Å². The van der Waals surface area contributed by atoms with Crippen LogP contribution in [-0.2, 0) is 6.18 Å². The number of alkyl halides is 3. The molecule has 1 saturated heterocycles. The molecule has 7 nitrogen and oxygen atoms in total. The van der Waals surface area contributed by atoms with Crippen molar-refractivity contribution in [1.82, 2.24) is 19.6 Å². The number of pyridine rings is 1. The predicted octanol–water partition coefficient (Wildman–Crippen LogP) is 4.20. The van der Waals surface area contributed by atoms with Crippen molar-refractivity contribution in [1.29, 1.82) is 5.26 Å². The molecule has 3 aromatic heterocycles. The third kappa shape index (κ3) is 3.11. The maximum Gasteiger partial charge on any atom is 0.436 e. The summed E-state index contributed by atoms with van der Waals surface area (Å²) in [6.07, 6.45) is -3.15. The Morgan fingerprint density at radius 1 is 1.12 bits per heavy atom. The number of anilines is 1. The summed E-state index contributed by atoms with van der Waals surface area (Å²) in [4.78, 5) is 11.0. The molecule has 0 spiro atoms. The lowest BCUT2D eigenvalue weighted by Gasteiger charge is -2.39. The van der Waals surface area contributed by atoms with E-state index in [1.54, 1.807) is 17.9 Å². The summed E-state index contributed by atoms with van der Waals surface area (Å²) in [6, 6.07) is 11.3. The average molecular weight is 464 g/mol. The van der Waals surface area contributed by atoms with Gasteiger partial charge in [0.05, 0.1) is 17.3 Å². The van der Waals surface area contributed by atoms with Gasteiger partial charge in [-0.05, 0) is 37.5 Å². The fraction of sp³-hybridized carbons (Fsp3) is 0.333. The Kier molecular flexibility index (Phi) is 4.38. The van der Waals surface area contributed by atoms with E-state index in [1.165, 1.54) is 0 Å². The highest BCUT2D eigenvalue weighted by molar-refractivity contribution is 5.99. The zero-order chi connectivity index (χ0) is 23.8. The van der Waals surface area contributed by atoms with Crippen molar-refractivity contribution in [3.63, 3.8) is 0 Å². The first-order chi connectivity index (χ1) is 16.3. The molecule has 0 radical (unpaired) electrons. The Bertz CT molecular complexity index is 1510. The molecule has 4 aromatic rings. The number of benzene rings is 1. The number of hydrogen-bond acceptors (Lipinski definition) is 6. The van der Waals surface area contributed by atoms with Crippen LogP contribution in [0.1, 0.15) is 41.4 Å². The van der Waals surface area contributed by atoms with Gasteiger partial charge in [-0.2, -0.15) is 28.0 Å². The van der Waals surface area contributed by atoms with Crippen molar-refractivity contribution in [3.8, 4) is 17.2 Å². The van der Waals surface area contributed by atoms with E-state index in [-0.39, 0.29) is 18.7 Å². The van der Waals surface area contributed by atoms with Gasteiger partial charge < -0.3 is 10.0 Å². The summed E-state index contributed by atoms with van der Waals surface area (Å²) in [6.45, 7) is 2.19. The monoisotopic (exact) mass is 464 g/mol. The molecule has 0 atom stereocenters. The van der Waals surface area contributed by atoms with Crippen LogP contribution in [-0.4, -0.2) is 43.9 Å². The van der Waals surface area contributed by atoms with Gasteiger partial charge in [0.25, 0.3) is 0 Å². The molecule has 1 aliphatic heterocycles. The van der Waals surface area contributed by atoms with Gasteiger partial charge >= 0.3 is 6.18 Å². The lowest BCUT2D eigenvalue weighted by molar-refractivity contribution is -0.141. The van der Waals surface area contributed by atoms with E-state index in [9.17, 15) is 23.5 Å². The SMILES string of the molecule is Cc1nc2c(C#N)c(C(F)(F)F)nn2c(N2CC(O)C2)c1-c1cccc2nc(C3CC3)ccc12. The summed E-state index contributed by atoms with van der Waals surface area (Å²) >= 11 is 0. The number of aliphatic hydroxyl groups excluding tert-OH is 1. The number of aliphatic hydroxyl groups is 1. The second kappa shape index (κ2) is 7.14. The molecule has 4 heterocycles. The standard InChI is InChI=1S/C24H19F3N6O/c1-12-20(16-3-2-4-19-15(16)7-8-18(30-19)13-5-6-13)23(32-10-14(34)11-32)33-22(29-12)17(9-28)21(31-33)24(25,26)27/h2-4,7-8,13-14,34H,5-6,10-11H2,1H3. The van der Waals surface area contributed by atoms with Crippen LogP contribution < -0.4 is 4.90 Å². The van der Waals surface area contributed by atoms with E-state index in [0.29, 0.717) is 23.0 Å². The smallest absolute Gasteiger partial charge is 0.389 e. The molecule has 1 saturated carbocycles. The summed E-state index contributed by atoms with van der Waals surface area (Å²) in [7, 11) is 0. The van der Waals surface area contributed by atoms with Crippen LogP contribution in [0.5, 0.6) is 0 Å². The maximum atomic E-state index is 13.7. The normalized spacial score (nSPS) is 16.8. The first-order valence-electron chi connectivity index (χ1n) is 11.0. The van der Waals surface area contributed by atoms with Gasteiger partial charge in [0.15, 0.2) is 11.3 Å². The molecule has 2 aliphatic rings. The summed E-state index contributed by atoms with van der Waals surface area (Å²) in [5.74, 6) is 0.860. The van der Waals surface area contributed by atoms with Crippen LogP contribution in [0.25, 0.3) is 27.7 Å². The van der Waals surface area contributed by atoms with E-state index in [4.69, 9.17) is 4.98 Å². The maximum absolute atomic E-state index is 13.7. The van der Waals surface area contributed by atoms with E-state index in [2.05, 4.69) is 10.1 Å². The molecule has 1 N–H and O–H groups in total. The van der Waals surface area contributed by atoms with Crippen LogP contribution in [0.4, 0.5) is 19.0 Å². The first kappa shape index (κ1) is 20.9. The average Bonchev–Trinajstić information content (AvgIpc) is 3.55. The minimum Gasteiger partial charge on any atom is -0.389 e. The van der Waals surface area contributed by atoms with Crippen LogP contribution in [0.15, 0.2) is 30.3 Å². The zero-order valence-corrected chi connectivity index (χ0v) is 18.1. The second-order valence-electron chi connectivity index (χ2n) is 8.91. The molecule has 172 valence electrons. The van der Waals surface area contributed by atoms with Crippen LogP contribution in [0.3, 0.4) is 0 Å². The van der Waals surface area contributed by atoms with Crippen molar-refractivity contribution in [2.45, 2.75) is 38.0 Å². The zero-order valence-electron chi connectivity index (χ0n) is 18.1. The van der Waals surface area contributed by atoms with Crippen molar-refractivity contribution in [3.05, 3.63) is 53.0 Å². The topological polar surface area (TPSA) is 90.3 Å².